The van der Waals surface area contributed by atoms with Gasteiger partial charge >= 0.3 is 0 Å². The average Bonchev–Trinajstić information content (AvgIpc) is 2.24. The van der Waals surface area contributed by atoms with Crippen molar-refractivity contribution in [3.63, 3.8) is 0 Å². The van der Waals surface area contributed by atoms with Gasteiger partial charge in [0.1, 0.15) is 12.4 Å². The lowest BCUT2D eigenvalue weighted by molar-refractivity contribution is -0.384. The van der Waals surface area contributed by atoms with Gasteiger partial charge in [-0.25, -0.2) is 0 Å². The van der Waals surface area contributed by atoms with E-state index in [0.29, 0.717) is 12.2 Å². The van der Waals surface area contributed by atoms with Crippen LogP contribution in [0.2, 0.25) is 0 Å². The van der Waals surface area contributed by atoms with Crippen LogP contribution in [0.5, 0.6) is 5.75 Å². The molecule has 100 valence electrons. The molecule has 0 aromatic heterocycles. The Hall–Kier alpha value is -1.62. The fraction of sp³-hybridized carbons (Fsp3) is 0.538. The third-order valence-corrected chi connectivity index (χ3v) is 2.34. The van der Waals surface area contributed by atoms with Crippen LogP contribution in [0, 0.1) is 15.5 Å². The van der Waals surface area contributed by atoms with Crippen LogP contribution >= 0.6 is 0 Å². The summed E-state index contributed by atoms with van der Waals surface area (Å²) in [5.41, 5.74) is 0.0655. The summed E-state index contributed by atoms with van der Waals surface area (Å²) in [5.74, 6) is 0.522. The number of non-ortho nitro benzene ring substituents is 1. The highest BCUT2D eigenvalue weighted by atomic mass is 16.6. The van der Waals surface area contributed by atoms with Crippen molar-refractivity contribution in [2.45, 2.75) is 33.3 Å². The molecule has 0 saturated heterocycles. The van der Waals surface area contributed by atoms with Gasteiger partial charge in [0.25, 0.3) is 5.69 Å². The lowest BCUT2D eigenvalue weighted by atomic mass is 9.89. The normalized spacial score (nSPS) is 13.1. The van der Waals surface area contributed by atoms with Crippen LogP contribution in [0.15, 0.2) is 24.3 Å². The van der Waals surface area contributed by atoms with E-state index in [0.717, 1.165) is 0 Å². The summed E-state index contributed by atoms with van der Waals surface area (Å²) in [6.45, 7) is 6.32. The monoisotopic (exact) mass is 253 g/mol. The van der Waals surface area contributed by atoms with E-state index in [1.54, 1.807) is 0 Å². The highest BCUT2D eigenvalue weighted by Gasteiger charge is 2.17. The fourth-order valence-corrected chi connectivity index (χ4v) is 1.62. The van der Waals surface area contributed by atoms with Gasteiger partial charge in [0.05, 0.1) is 11.0 Å². The summed E-state index contributed by atoms with van der Waals surface area (Å²) in [7, 11) is 0. The highest BCUT2D eigenvalue weighted by Crippen LogP contribution is 2.22. The van der Waals surface area contributed by atoms with Crippen molar-refractivity contribution in [2.75, 3.05) is 6.61 Å². The number of rotatable bonds is 5. The van der Waals surface area contributed by atoms with Crippen LogP contribution in [0.1, 0.15) is 27.2 Å². The van der Waals surface area contributed by atoms with Gasteiger partial charge in [-0.3, -0.25) is 10.1 Å². The topological polar surface area (TPSA) is 72.6 Å². The van der Waals surface area contributed by atoms with Crippen LogP contribution in [0.3, 0.4) is 0 Å². The van der Waals surface area contributed by atoms with Crippen LogP contribution in [-0.2, 0) is 0 Å². The molecule has 1 aromatic carbocycles. The van der Waals surface area contributed by atoms with Crippen molar-refractivity contribution in [3.05, 3.63) is 34.4 Å². The molecule has 0 radical (unpaired) electrons. The zero-order valence-electron chi connectivity index (χ0n) is 10.9. The van der Waals surface area contributed by atoms with Crippen molar-refractivity contribution in [1.29, 1.82) is 0 Å². The molecule has 0 heterocycles. The van der Waals surface area contributed by atoms with E-state index in [9.17, 15) is 15.2 Å². The molecule has 0 aliphatic rings. The zero-order valence-corrected chi connectivity index (χ0v) is 10.9. The van der Waals surface area contributed by atoms with Gasteiger partial charge < -0.3 is 9.84 Å². The average molecular weight is 253 g/mol. The zero-order chi connectivity index (χ0) is 13.8. The van der Waals surface area contributed by atoms with E-state index in [1.165, 1.54) is 24.3 Å². The molecule has 0 bridgehead atoms. The second-order valence-corrected chi connectivity index (χ2v) is 5.48. The minimum atomic E-state index is -0.541. The lowest BCUT2D eigenvalue weighted by Gasteiger charge is -2.22. The van der Waals surface area contributed by atoms with E-state index >= 15 is 0 Å². The summed E-state index contributed by atoms with van der Waals surface area (Å²) >= 11 is 0. The van der Waals surface area contributed by atoms with E-state index < -0.39 is 11.0 Å². The molecule has 0 spiro atoms. The first kappa shape index (κ1) is 14.4. The summed E-state index contributed by atoms with van der Waals surface area (Å²) < 4.78 is 5.38. The van der Waals surface area contributed by atoms with Crippen LogP contribution in [0.25, 0.3) is 0 Å². The second-order valence-electron chi connectivity index (χ2n) is 5.48. The first-order valence-electron chi connectivity index (χ1n) is 5.83. The Balaban J connectivity index is 2.46. The van der Waals surface area contributed by atoms with Crippen LogP contribution < -0.4 is 4.74 Å². The first-order valence-corrected chi connectivity index (χ1v) is 5.83. The molecule has 0 unspecified atom stereocenters. The smallest absolute Gasteiger partial charge is 0.269 e. The maximum atomic E-state index is 10.5. The van der Waals surface area contributed by atoms with Gasteiger partial charge in [-0.15, -0.1) is 0 Å². The fourth-order valence-electron chi connectivity index (χ4n) is 1.62. The molecule has 0 fully saturated rings. The van der Waals surface area contributed by atoms with Gasteiger partial charge in [0.2, 0.25) is 0 Å². The van der Waals surface area contributed by atoms with Crippen LogP contribution in [0.4, 0.5) is 5.69 Å². The number of ether oxygens (including phenoxy) is 1. The number of aliphatic hydroxyl groups excluding tert-OH is 1. The summed E-state index contributed by atoms with van der Waals surface area (Å²) in [5, 5.41) is 20.2. The molecule has 5 heteroatoms. The Kier molecular flexibility index (Phi) is 4.67. The number of aliphatic hydroxyl groups is 1. The Morgan fingerprint density at radius 3 is 2.33 bits per heavy atom. The van der Waals surface area contributed by atoms with E-state index in [-0.39, 0.29) is 17.7 Å². The highest BCUT2D eigenvalue weighted by molar-refractivity contribution is 5.35. The maximum absolute atomic E-state index is 10.5. The number of hydrogen-bond donors (Lipinski definition) is 1. The Bertz CT molecular complexity index is 394. The number of benzene rings is 1. The molecule has 1 rings (SSSR count). The predicted molar refractivity (Wildman–Crippen MR) is 68.7 cm³/mol. The second kappa shape index (κ2) is 5.82. The summed E-state index contributed by atoms with van der Waals surface area (Å²) in [4.78, 5) is 10.00. The molecule has 0 amide bonds. The van der Waals surface area contributed by atoms with Gasteiger partial charge in [-0.2, -0.15) is 0 Å². The molecule has 1 aromatic rings. The quantitative estimate of drug-likeness (QED) is 0.647. The molecule has 0 saturated carbocycles. The Morgan fingerprint density at radius 1 is 1.33 bits per heavy atom. The third kappa shape index (κ3) is 5.14. The molecular weight excluding hydrogens is 234 g/mol. The van der Waals surface area contributed by atoms with Crippen LogP contribution in [-0.4, -0.2) is 22.7 Å². The van der Waals surface area contributed by atoms with Crippen molar-refractivity contribution in [3.8, 4) is 5.75 Å². The third-order valence-electron chi connectivity index (χ3n) is 2.34. The van der Waals surface area contributed by atoms with Crippen molar-refractivity contribution < 1.29 is 14.8 Å². The minimum Gasteiger partial charge on any atom is -0.491 e. The first-order chi connectivity index (χ1) is 8.28. The predicted octanol–water partition coefficient (Wildman–Crippen LogP) is 2.77. The van der Waals surface area contributed by atoms with Crippen molar-refractivity contribution in [1.82, 2.24) is 0 Å². The molecule has 0 aliphatic heterocycles. The van der Waals surface area contributed by atoms with Crippen molar-refractivity contribution >= 4 is 5.69 Å². The molecule has 18 heavy (non-hydrogen) atoms. The number of hydrogen-bond acceptors (Lipinski definition) is 4. The lowest BCUT2D eigenvalue weighted by Crippen LogP contribution is -2.23. The standard InChI is InChI=1S/C13H19NO4/c1-13(2,3)8-11(15)9-18-12-6-4-10(5-7-12)14(16)17/h4-7,11,15H,8-9H2,1-3H3/t11-/m0/s1. The minimum absolute atomic E-state index is 0.0255. The van der Waals surface area contributed by atoms with Gasteiger partial charge in [-0.05, 0) is 24.0 Å². The number of nitro groups is 1. The molecule has 5 nitrogen and oxygen atoms in total. The van der Waals surface area contributed by atoms with E-state index in [4.69, 9.17) is 4.74 Å². The SMILES string of the molecule is CC(C)(C)C[C@H](O)COc1ccc([N+](=O)[O-])cc1. The molecule has 1 N–H and O–H groups in total. The maximum Gasteiger partial charge on any atom is 0.269 e. The van der Waals surface area contributed by atoms with Crippen molar-refractivity contribution in [2.24, 2.45) is 5.41 Å². The summed E-state index contributed by atoms with van der Waals surface area (Å²) in [6.07, 6.45) is 0.0974. The number of nitrogens with zero attached hydrogens (tertiary/aromatic N) is 1. The van der Waals surface area contributed by atoms with Gasteiger partial charge in [0, 0.05) is 12.1 Å². The van der Waals surface area contributed by atoms with E-state index in [1.807, 2.05) is 20.8 Å². The largest absolute Gasteiger partial charge is 0.491 e. The Morgan fingerprint density at radius 2 is 1.89 bits per heavy atom. The Labute approximate surface area is 107 Å². The molecule has 0 aliphatic carbocycles. The molecular formula is C13H19NO4. The van der Waals surface area contributed by atoms with Gasteiger partial charge in [-0.1, -0.05) is 20.8 Å². The van der Waals surface area contributed by atoms with Gasteiger partial charge in [0.15, 0.2) is 0 Å². The van der Waals surface area contributed by atoms with E-state index in [2.05, 4.69) is 0 Å². The molecule has 1 atom stereocenters. The summed E-state index contributed by atoms with van der Waals surface area (Å²) in [6, 6.07) is 5.82. The number of nitro benzene ring substituents is 1.